The molecule has 0 aliphatic carbocycles. The van der Waals surface area contributed by atoms with Crippen LogP contribution >= 0.6 is 0 Å². The number of rotatable bonds is 5. The van der Waals surface area contributed by atoms with Crippen molar-refractivity contribution in [1.29, 1.82) is 0 Å². The molecule has 2 atom stereocenters. The van der Waals surface area contributed by atoms with E-state index in [2.05, 4.69) is 10.3 Å². The number of urea groups is 1. The number of amides is 2. The third-order valence-electron chi connectivity index (χ3n) is 7.19. The van der Waals surface area contributed by atoms with Crippen LogP contribution in [0.4, 0.5) is 16.2 Å². The molecule has 5 rings (SSSR count). The zero-order valence-electron chi connectivity index (χ0n) is 22.8. The molecule has 4 heterocycles. The number of pyridine rings is 1. The van der Waals surface area contributed by atoms with Gasteiger partial charge in [-0.2, -0.15) is 0 Å². The van der Waals surface area contributed by atoms with Gasteiger partial charge in [-0.15, -0.1) is 10.1 Å². The van der Waals surface area contributed by atoms with Crippen molar-refractivity contribution in [2.24, 2.45) is 0 Å². The minimum atomic E-state index is -2.66. The lowest BCUT2D eigenvalue weighted by Gasteiger charge is -2.34. The SMILES string of the molecule is Cc1cccc(C)c1CNc1cc(N2OC(=O)CC3(O)CC(=O)OC(CO)N(OC3=O)C2=O)cn2c(C)c(C)nc12. The molecule has 2 amide bonds. The summed E-state index contributed by atoms with van der Waals surface area (Å²) in [5, 5.41) is 24.8. The second-order valence-electron chi connectivity index (χ2n) is 10.1. The van der Waals surface area contributed by atoms with Gasteiger partial charge in [0.05, 0.1) is 24.2 Å². The van der Waals surface area contributed by atoms with Crippen LogP contribution in [0.25, 0.3) is 5.65 Å². The minimum absolute atomic E-state index is 0.00843. The van der Waals surface area contributed by atoms with Crippen molar-refractivity contribution in [3.05, 3.63) is 58.5 Å². The van der Waals surface area contributed by atoms with Crippen LogP contribution in [0.2, 0.25) is 0 Å². The Labute approximate surface area is 233 Å². The molecule has 2 aromatic heterocycles. The van der Waals surface area contributed by atoms with Gasteiger partial charge < -0.3 is 34.3 Å². The second kappa shape index (κ2) is 10.4. The summed E-state index contributed by atoms with van der Waals surface area (Å²) < 4.78 is 6.75. The lowest BCUT2D eigenvalue weighted by molar-refractivity contribution is -0.247. The van der Waals surface area contributed by atoms with E-state index in [1.54, 1.807) is 4.40 Å². The van der Waals surface area contributed by atoms with Gasteiger partial charge in [-0.1, -0.05) is 18.2 Å². The number of hydrogen-bond donors (Lipinski definition) is 3. The predicted molar refractivity (Wildman–Crippen MR) is 141 cm³/mol. The number of aliphatic hydroxyl groups excluding tert-OH is 1. The quantitative estimate of drug-likeness (QED) is 0.383. The first-order chi connectivity index (χ1) is 19.4. The number of esters is 1. The number of benzene rings is 1. The number of nitrogens with one attached hydrogen (secondary N) is 1. The molecule has 3 N–H and O–H groups in total. The molecule has 2 fully saturated rings. The number of imidazole rings is 1. The lowest BCUT2D eigenvalue weighted by Crippen LogP contribution is -2.56. The Morgan fingerprint density at radius 2 is 1.73 bits per heavy atom. The summed E-state index contributed by atoms with van der Waals surface area (Å²) in [6.07, 6.45) is -2.24. The first kappa shape index (κ1) is 27.9. The first-order valence-corrected chi connectivity index (χ1v) is 12.8. The van der Waals surface area contributed by atoms with E-state index in [1.165, 1.54) is 12.3 Å². The van der Waals surface area contributed by atoms with Crippen molar-refractivity contribution < 1.29 is 43.8 Å². The van der Waals surface area contributed by atoms with Crippen LogP contribution in [0.1, 0.15) is 40.9 Å². The zero-order chi connectivity index (χ0) is 29.6. The molecule has 0 saturated carbocycles. The highest BCUT2D eigenvalue weighted by Gasteiger charge is 2.51. The highest BCUT2D eigenvalue weighted by atomic mass is 16.8. The van der Waals surface area contributed by atoms with E-state index < -0.39 is 55.2 Å². The maximum atomic E-state index is 13.7. The third kappa shape index (κ3) is 5.02. The molecule has 3 aromatic rings. The van der Waals surface area contributed by atoms with Crippen LogP contribution in [0.15, 0.2) is 30.5 Å². The third-order valence-corrected chi connectivity index (χ3v) is 7.19. The fraction of sp³-hybridized carbons (Fsp3) is 0.370. The van der Waals surface area contributed by atoms with Crippen LogP contribution in [0, 0.1) is 27.7 Å². The molecule has 2 unspecified atom stereocenters. The van der Waals surface area contributed by atoms with Crippen LogP contribution in [0.5, 0.6) is 0 Å². The molecular formula is C27H29N5O9. The normalized spacial score (nSPS) is 21.5. The van der Waals surface area contributed by atoms with E-state index in [1.807, 2.05) is 45.9 Å². The van der Waals surface area contributed by atoms with Gasteiger partial charge in [-0.05, 0) is 50.5 Å². The summed E-state index contributed by atoms with van der Waals surface area (Å²) in [5.41, 5.74) is 3.02. The molecule has 0 spiro atoms. The van der Waals surface area contributed by atoms with E-state index in [-0.39, 0.29) is 10.8 Å². The fourth-order valence-electron chi connectivity index (χ4n) is 4.77. The topological polar surface area (TPSA) is 172 Å². The van der Waals surface area contributed by atoms with Gasteiger partial charge >= 0.3 is 23.9 Å². The van der Waals surface area contributed by atoms with Crippen molar-refractivity contribution in [1.82, 2.24) is 14.4 Å². The summed E-state index contributed by atoms with van der Waals surface area (Å²) in [5.74, 6) is -3.78. The number of hydroxylamine groups is 3. The maximum absolute atomic E-state index is 13.7. The summed E-state index contributed by atoms with van der Waals surface area (Å²) in [7, 11) is 0. The fourth-order valence-corrected chi connectivity index (χ4v) is 4.77. The molecule has 2 bridgehead atoms. The van der Waals surface area contributed by atoms with E-state index in [0.29, 0.717) is 28.6 Å². The van der Waals surface area contributed by atoms with Gasteiger partial charge in [0, 0.05) is 18.4 Å². The largest absolute Gasteiger partial charge is 0.436 e. The van der Waals surface area contributed by atoms with Gasteiger partial charge in [-0.3, -0.25) is 4.79 Å². The average Bonchev–Trinajstić information content (AvgIpc) is 3.21. The summed E-state index contributed by atoms with van der Waals surface area (Å²) >= 11 is 0. The second-order valence-corrected chi connectivity index (χ2v) is 10.1. The molecule has 14 heteroatoms. The number of ether oxygens (including phenoxy) is 1. The van der Waals surface area contributed by atoms with E-state index in [0.717, 1.165) is 22.4 Å². The molecule has 216 valence electrons. The Balaban J connectivity index is 1.62. The van der Waals surface area contributed by atoms with Gasteiger partial charge in [-0.25, -0.2) is 19.4 Å². The molecule has 0 radical (unpaired) electrons. The number of hydrogen-bond acceptors (Lipinski definition) is 11. The van der Waals surface area contributed by atoms with Crippen molar-refractivity contribution in [2.45, 2.75) is 58.9 Å². The Morgan fingerprint density at radius 1 is 1.05 bits per heavy atom. The minimum Gasteiger partial charge on any atom is -0.436 e. The number of anilines is 2. The first-order valence-electron chi connectivity index (χ1n) is 12.8. The molecule has 2 aliphatic heterocycles. The Hall–Kier alpha value is -4.69. The van der Waals surface area contributed by atoms with Crippen LogP contribution in [-0.4, -0.2) is 67.0 Å². The molecule has 1 aromatic carbocycles. The average molecular weight is 568 g/mol. The number of carbonyl (C=O) groups excluding carboxylic acids is 4. The van der Waals surface area contributed by atoms with E-state index in [4.69, 9.17) is 14.4 Å². The van der Waals surface area contributed by atoms with Crippen LogP contribution in [0.3, 0.4) is 0 Å². The summed E-state index contributed by atoms with van der Waals surface area (Å²) in [4.78, 5) is 66.8. The summed E-state index contributed by atoms with van der Waals surface area (Å²) in [6.45, 7) is 7.09. The molecular weight excluding hydrogens is 538 g/mol. The molecule has 14 nitrogen and oxygen atoms in total. The number of cyclic esters (lactones) is 1. The highest BCUT2D eigenvalue weighted by Crippen LogP contribution is 2.32. The smallest absolute Gasteiger partial charge is 0.395 e. The number of aliphatic hydroxyl groups is 2. The Morgan fingerprint density at radius 3 is 2.41 bits per heavy atom. The lowest BCUT2D eigenvalue weighted by atomic mass is 9.95. The molecule has 41 heavy (non-hydrogen) atoms. The Bertz CT molecular complexity index is 1560. The van der Waals surface area contributed by atoms with Crippen molar-refractivity contribution in [3.8, 4) is 0 Å². The summed E-state index contributed by atoms with van der Waals surface area (Å²) in [6, 6.07) is 6.19. The van der Waals surface area contributed by atoms with Gasteiger partial charge in [0.2, 0.25) is 6.23 Å². The number of nitrogens with zero attached hydrogens (tertiary/aromatic N) is 4. The van der Waals surface area contributed by atoms with Gasteiger partial charge in [0.1, 0.15) is 12.3 Å². The van der Waals surface area contributed by atoms with Crippen molar-refractivity contribution in [3.63, 3.8) is 0 Å². The number of carbonyl (C=O) groups is 4. The Kier molecular flexibility index (Phi) is 7.05. The van der Waals surface area contributed by atoms with Crippen LogP contribution < -0.4 is 10.4 Å². The highest BCUT2D eigenvalue weighted by molar-refractivity contribution is 5.97. The standard InChI is InChI=1S/C27H29N5O9/c1-14-6-5-7-15(2)19(14)11-28-20-8-18(12-30-17(4)16(3)29-24(20)30)31-26(37)32-21(13-33)39-22(34)9-27(38,25(36)41-32)10-23(35)40-31/h5-8,12,21,28,33,38H,9-11,13H2,1-4H3. The van der Waals surface area contributed by atoms with Crippen molar-refractivity contribution >= 4 is 41.0 Å². The number of fused-ring (bicyclic) bond motifs is 4. The zero-order valence-corrected chi connectivity index (χ0v) is 22.8. The van der Waals surface area contributed by atoms with E-state index >= 15 is 0 Å². The molecule has 2 saturated heterocycles. The monoisotopic (exact) mass is 567 g/mol. The maximum Gasteiger partial charge on any atom is 0.395 e. The number of aryl methyl sites for hydroxylation is 4. The van der Waals surface area contributed by atoms with Gasteiger partial charge in [0.25, 0.3) is 0 Å². The van der Waals surface area contributed by atoms with E-state index in [9.17, 15) is 29.4 Å². The van der Waals surface area contributed by atoms with Gasteiger partial charge in [0.15, 0.2) is 11.2 Å². The van der Waals surface area contributed by atoms with Crippen molar-refractivity contribution in [2.75, 3.05) is 17.0 Å². The number of aromatic nitrogens is 2. The van der Waals surface area contributed by atoms with Crippen LogP contribution in [-0.2, 0) is 35.3 Å². The predicted octanol–water partition coefficient (Wildman–Crippen LogP) is 1.72. The molecule has 2 aliphatic rings.